The van der Waals surface area contributed by atoms with E-state index >= 15 is 0 Å². The van der Waals surface area contributed by atoms with Gasteiger partial charge >= 0.3 is 17.9 Å². The number of benzene rings is 1. The predicted octanol–water partition coefficient (Wildman–Crippen LogP) is 3.01. The Bertz CT molecular complexity index is 805. The number of carbonyl (C=O) groups excluding carboxylic acids is 3. The molecule has 1 saturated heterocycles. The number of rotatable bonds is 6. The van der Waals surface area contributed by atoms with Gasteiger partial charge in [0.15, 0.2) is 17.6 Å². The summed E-state index contributed by atoms with van der Waals surface area (Å²) >= 11 is 3.35. The number of methoxy groups -OCH3 is 1. The van der Waals surface area contributed by atoms with Crippen LogP contribution in [-0.4, -0.2) is 43.5 Å². The van der Waals surface area contributed by atoms with Crippen LogP contribution in [0.5, 0.6) is 11.5 Å². The molecule has 0 spiro atoms. The summed E-state index contributed by atoms with van der Waals surface area (Å²) in [6, 6.07) is 3.15. The first-order valence-corrected chi connectivity index (χ1v) is 9.26. The highest BCUT2D eigenvalue weighted by Gasteiger charge is 2.38. The molecule has 1 heterocycles. The molecule has 8 nitrogen and oxygen atoms in total. The molecule has 0 bridgehead atoms. The molecule has 1 aromatic carbocycles. The molecule has 1 aliphatic heterocycles. The van der Waals surface area contributed by atoms with Crippen LogP contribution in [0.3, 0.4) is 0 Å². The molecule has 1 atom stereocenters. The Kier molecular flexibility index (Phi) is 6.71. The number of cyclic esters (lactones) is 2. The fraction of sp³-hybridized carbons (Fsp3) is 0.421. The van der Waals surface area contributed by atoms with Crippen LogP contribution in [0, 0.1) is 0 Å². The summed E-state index contributed by atoms with van der Waals surface area (Å²) in [5.74, 6) is -2.83. The minimum absolute atomic E-state index is 0.236. The Labute approximate surface area is 170 Å². The first kappa shape index (κ1) is 21.7. The second-order valence-corrected chi connectivity index (χ2v) is 7.14. The summed E-state index contributed by atoms with van der Waals surface area (Å²) < 4.78 is 26.5. The van der Waals surface area contributed by atoms with Crippen molar-refractivity contribution in [3.63, 3.8) is 0 Å². The molecule has 0 N–H and O–H groups in total. The van der Waals surface area contributed by atoms with Crippen LogP contribution in [0.2, 0.25) is 0 Å². The Hall–Kier alpha value is -2.55. The monoisotopic (exact) mass is 456 g/mol. The van der Waals surface area contributed by atoms with Crippen LogP contribution in [0.15, 0.2) is 22.2 Å². The van der Waals surface area contributed by atoms with Crippen LogP contribution in [-0.2, 0) is 28.6 Å². The highest BCUT2D eigenvalue weighted by atomic mass is 79.9. The van der Waals surface area contributed by atoms with E-state index in [1.807, 2.05) is 0 Å². The van der Waals surface area contributed by atoms with Crippen molar-refractivity contribution in [2.24, 2.45) is 0 Å². The van der Waals surface area contributed by atoms with Gasteiger partial charge in [0, 0.05) is 13.8 Å². The molecule has 0 saturated carbocycles. The number of hydrogen-bond donors (Lipinski definition) is 0. The summed E-state index contributed by atoms with van der Waals surface area (Å²) in [5.41, 5.74) is 0.213. The second kappa shape index (κ2) is 8.64. The fourth-order valence-corrected chi connectivity index (χ4v) is 2.92. The predicted molar refractivity (Wildman–Crippen MR) is 102 cm³/mol. The van der Waals surface area contributed by atoms with Crippen molar-refractivity contribution in [3.05, 3.63) is 27.7 Å². The van der Waals surface area contributed by atoms with Crippen molar-refractivity contribution in [1.82, 2.24) is 0 Å². The molecule has 1 fully saturated rings. The number of halogens is 1. The molecule has 0 amide bonds. The van der Waals surface area contributed by atoms with Crippen molar-refractivity contribution < 1.29 is 38.1 Å². The van der Waals surface area contributed by atoms with Gasteiger partial charge in [-0.15, -0.1) is 0 Å². The number of carbonyl (C=O) groups is 3. The Morgan fingerprint density at radius 2 is 1.86 bits per heavy atom. The van der Waals surface area contributed by atoms with Gasteiger partial charge in [0.25, 0.3) is 5.79 Å². The van der Waals surface area contributed by atoms with Gasteiger partial charge in [-0.2, -0.15) is 0 Å². The molecule has 1 aliphatic rings. The maximum atomic E-state index is 12.1. The molecule has 0 aliphatic carbocycles. The second-order valence-electron chi connectivity index (χ2n) is 6.28. The van der Waals surface area contributed by atoms with Gasteiger partial charge in [-0.05, 0) is 53.5 Å². The van der Waals surface area contributed by atoms with Crippen molar-refractivity contribution in [2.75, 3.05) is 13.7 Å². The smallest absolute Gasteiger partial charge is 0.348 e. The van der Waals surface area contributed by atoms with Crippen LogP contribution < -0.4 is 9.47 Å². The van der Waals surface area contributed by atoms with Crippen molar-refractivity contribution in [3.8, 4) is 11.5 Å². The van der Waals surface area contributed by atoms with E-state index in [0.717, 1.165) is 0 Å². The minimum atomic E-state index is -1.31. The lowest BCUT2D eigenvalue weighted by Crippen LogP contribution is -2.41. The molecule has 1 aromatic rings. The molecule has 0 aromatic heterocycles. The lowest BCUT2D eigenvalue weighted by molar-refractivity contribution is -0.222. The summed E-state index contributed by atoms with van der Waals surface area (Å²) in [7, 11) is 1.42. The maximum absolute atomic E-state index is 12.1. The quantitative estimate of drug-likeness (QED) is 0.366. The third-order valence-corrected chi connectivity index (χ3v) is 4.18. The average molecular weight is 457 g/mol. The number of ether oxygens (including phenoxy) is 5. The van der Waals surface area contributed by atoms with Gasteiger partial charge in [-0.3, -0.25) is 0 Å². The van der Waals surface area contributed by atoms with Crippen molar-refractivity contribution in [2.45, 2.75) is 39.6 Å². The molecule has 9 heteroatoms. The summed E-state index contributed by atoms with van der Waals surface area (Å²) in [4.78, 5) is 36.0. The van der Waals surface area contributed by atoms with Crippen LogP contribution in [0.1, 0.15) is 33.3 Å². The van der Waals surface area contributed by atoms with Gasteiger partial charge < -0.3 is 23.7 Å². The summed E-state index contributed by atoms with van der Waals surface area (Å²) in [5, 5.41) is 0. The first-order chi connectivity index (χ1) is 13.1. The Balaban J connectivity index is 2.34. The average Bonchev–Trinajstić information content (AvgIpc) is 2.59. The highest BCUT2D eigenvalue weighted by Crippen LogP contribution is 2.38. The van der Waals surface area contributed by atoms with Gasteiger partial charge in [-0.1, -0.05) is 0 Å². The zero-order valence-corrected chi connectivity index (χ0v) is 17.7. The van der Waals surface area contributed by atoms with Gasteiger partial charge in [0.2, 0.25) is 0 Å². The van der Waals surface area contributed by atoms with E-state index < -0.39 is 29.8 Å². The Morgan fingerprint density at radius 1 is 1.25 bits per heavy atom. The van der Waals surface area contributed by atoms with E-state index in [1.54, 1.807) is 26.0 Å². The first-order valence-electron chi connectivity index (χ1n) is 8.47. The third kappa shape index (κ3) is 5.03. The van der Waals surface area contributed by atoms with Crippen LogP contribution in [0.4, 0.5) is 0 Å². The van der Waals surface area contributed by atoms with Crippen LogP contribution >= 0.6 is 15.9 Å². The Morgan fingerprint density at radius 3 is 2.39 bits per heavy atom. The minimum Gasteiger partial charge on any atom is -0.493 e. The van der Waals surface area contributed by atoms with E-state index in [1.165, 1.54) is 27.0 Å². The highest BCUT2D eigenvalue weighted by molar-refractivity contribution is 9.10. The third-order valence-electron chi connectivity index (χ3n) is 3.59. The molecular weight excluding hydrogens is 436 g/mol. The van der Waals surface area contributed by atoms with Crippen molar-refractivity contribution >= 4 is 39.9 Å². The molecular formula is C19H21BrO8. The fourth-order valence-electron chi connectivity index (χ4n) is 2.37. The zero-order chi connectivity index (χ0) is 21.1. The maximum Gasteiger partial charge on any atom is 0.348 e. The summed E-state index contributed by atoms with van der Waals surface area (Å²) in [6.07, 6.45) is 0.464. The molecule has 152 valence electrons. The largest absolute Gasteiger partial charge is 0.493 e. The van der Waals surface area contributed by atoms with Crippen molar-refractivity contribution in [1.29, 1.82) is 0 Å². The zero-order valence-electron chi connectivity index (χ0n) is 16.2. The number of esters is 3. The molecule has 28 heavy (non-hydrogen) atoms. The van der Waals surface area contributed by atoms with E-state index in [9.17, 15) is 14.4 Å². The molecule has 2 rings (SSSR count). The molecule has 0 radical (unpaired) electrons. The van der Waals surface area contributed by atoms with E-state index in [-0.39, 0.29) is 23.7 Å². The topological polar surface area (TPSA) is 97.4 Å². The van der Waals surface area contributed by atoms with Gasteiger partial charge in [-0.25, -0.2) is 14.4 Å². The normalized spacial score (nSPS) is 16.6. The lowest BCUT2D eigenvalue weighted by atomic mass is 10.1. The molecule has 1 unspecified atom stereocenters. The van der Waals surface area contributed by atoms with Gasteiger partial charge in [0.05, 0.1) is 18.2 Å². The standard InChI is InChI=1S/C19H21BrO8/c1-6-25-16(21)10(2)26-15-13(20)8-11(9-14(15)24-5)7-12-17(22)27-19(3,4)28-18(12)23/h7-10H,6H2,1-5H3. The van der Waals surface area contributed by atoms with E-state index in [2.05, 4.69) is 15.9 Å². The summed E-state index contributed by atoms with van der Waals surface area (Å²) in [6.45, 7) is 6.42. The SMILES string of the molecule is CCOC(=O)C(C)Oc1c(Br)cc(C=C2C(=O)OC(C)(C)OC2=O)cc1OC. The lowest BCUT2D eigenvalue weighted by Gasteiger charge is -2.29. The van der Waals surface area contributed by atoms with E-state index in [4.69, 9.17) is 23.7 Å². The van der Waals surface area contributed by atoms with Crippen LogP contribution in [0.25, 0.3) is 6.08 Å². The van der Waals surface area contributed by atoms with Gasteiger partial charge in [0.1, 0.15) is 5.57 Å². The number of hydrogen-bond acceptors (Lipinski definition) is 8. The van der Waals surface area contributed by atoms with E-state index in [0.29, 0.717) is 10.0 Å².